The topological polar surface area (TPSA) is 81.8 Å². The van der Waals surface area contributed by atoms with Crippen molar-refractivity contribution in [3.8, 4) is 5.69 Å². The Kier molecular flexibility index (Phi) is 4.97. The molecule has 0 unspecified atom stereocenters. The second-order valence-corrected chi connectivity index (χ2v) is 6.36. The van der Waals surface area contributed by atoms with Crippen LogP contribution in [0.25, 0.3) is 5.69 Å². The second-order valence-electron chi connectivity index (χ2n) is 6.36. The van der Waals surface area contributed by atoms with Crippen molar-refractivity contribution in [2.75, 3.05) is 5.32 Å². The Bertz CT molecular complexity index is 925. The van der Waals surface area contributed by atoms with Crippen LogP contribution < -0.4 is 5.32 Å². The van der Waals surface area contributed by atoms with E-state index in [1.54, 1.807) is 16.9 Å². The molecule has 0 saturated carbocycles. The third-order valence-electron chi connectivity index (χ3n) is 3.90. The molecule has 2 aromatic heterocycles. The largest absolute Gasteiger partial charge is 0.309 e. The minimum atomic E-state index is -0.240. The zero-order valence-corrected chi connectivity index (χ0v) is 15.0. The monoisotopic (exact) mass is 351 g/mol. The van der Waals surface area contributed by atoms with E-state index in [1.807, 2.05) is 36.4 Å². The lowest BCUT2D eigenvalue weighted by Gasteiger charge is -2.09. The van der Waals surface area contributed by atoms with Crippen molar-refractivity contribution in [3.63, 3.8) is 0 Å². The SMILES string of the molecule is CC(=O)c1ccn(CC(=O)Nc2cc(C(C)C)nn2-c2ccccc2)n1. The van der Waals surface area contributed by atoms with Crippen LogP contribution in [0, 0.1) is 0 Å². The number of aromatic nitrogens is 4. The second kappa shape index (κ2) is 7.35. The Hall–Kier alpha value is -3.22. The zero-order valence-electron chi connectivity index (χ0n) is 15.0. The summed E-state index contributed by atoms with van der Waals surface area (Å²) in [6.45, 7) is 5.56. The fraction of sp³-hybridized carbons (Fsp3) is 0.263. The van der Waals surface area contributed by atoms with Crippen LogP contribution in [0.3, 0.4) is 0 Å². The molecule has 0 fully saturated rings. The Morgan fingerprint density at radius 2 is 1.85 bits per heavy atom. The van der Waals surface area contributed by atoms with Gasteiger partial charge >= 0.3 is 0 Å². The molecule has 3 rings (SSSR count). The van der Waals surface area contributed by atoms with E-state index in [1.165, 1.54) is 11.6 Å². The van der Waals surface area contributed by atoms with E-state index in [9.17, 15) is 9.59 Å². The van der Waals surface area contributed by atoms with E-state index in [-0.39, 0.29) is 24.2 Å². The molecule has 0 aliphatic carbocycles. The number of Topliss-reactive ketones (excluding diaryl/α,β-unsaturated/α-hetero) is 1. The number of nitrogens with zero attached hydrogens (tertiary/aromatic N) is 4. The minimum absolute atomic E-state index is 0.0181. The molecule has 7 heteroatoms. The fourth-order valence-corrected chi connectivity index (χ4v) is 2.50. The molecule has 0 bridgehead atoms. The maximum Gasteiger partial charge on any atom is 0.247 e. The number of hydrogen-bond donors (Lipinski definition) is 1. The van der Waals surface area contributed by atoms with Gasteiger partial charge in [0.2, 0.25) is 5.91 Å². The van der Waals surface area contributed by atoms with Crippen LogP contribution in [0.5, 0.6) is 0 Å². The third-order valence-corrected chi connectivity index (χ3v) is 3.90. The van der Waals surface area contributed by atoms with Crippen molar-refractivity contribution >= 4 is 17.5 Å². The highest BCUT2D eigenvalue weighted by atomic mass is 16.2. The van der Waals surface area contributed by atoms with Gasteiger partial charge in [0.1, 0.15) is 18.1 Å². The summed E-state index contributed by atoms with van der Waals surface area (Å²) < 4.78 is 3.16. The van der Waals surface area contributed by atoms with Gasteiger partial charge in [0.05, 0.1) is 11.4 Å². The van der Waals surface area contributed by atoms with Crippen LogP contribution in [0.2, 0.25) is 0 Å². The number of carbonyl (C=O) groups excluding carboxylic acids is 2. The molecule has 0 saturated heterocycles. The smallest absolute Gasteiger partial charge is 0.247 e. The van der Waals surface area contributed by atoms with Crippen molar-refractivity contribution in [2.45, 2.75) is 33.2 Å². The van der Waals surface area contributed by atoms with E-state index >= 15 is 0 Å². The Morgan fingerprint density at radius 3 is 2.46 bits per heavy atom. The van der Waals surface area contributed by atoms with Gasteiger partial charge in [0.15, 0.2) is 5.78 Å². The van der Waals surface area contributed by atoms with E-state index < -0.39 is 0 Å². The predicted octanol–water partition coefficient (Wildman–Crippen LogP) is 3.03. The minimum Gasteiger partial charge on any atom is -0.309 e. The highest BCUT2D eigenvalue weighted by Crippen LogP contribution is 2.22. The van der Waals surface area contributed by atoms with Crippen LogP contribution in [0.1, 0.15) is 42.9 Å². The van der Waals surface area contributed by atoms with Gasteiger partial charge < -0.3 is 5.32 Å². The van der Waals surface area contributed by atoms with Gasteiger partial charge in [0.25, 0.3) is 0 Å². The maximum atomic E-state index is 12.4. The molecule has 1 amide bonds. The Balaban J connectivity index is 1.81. The zero-order chi connectivity index (χ0) is 18.7. The van der Waals surface area contributed by atoms with Crippen LogP contribution >= 0.6 is 0 Å². The molecule has 0 radical (unpaired) electrons. The van der Waals surface area contributed by atoms with Crippen molar-refractivity contribution in [2.24, 2.45) is 0 Å². The quantitative estimate of drug-likeness (QED) is 0.692. The first-order valence-electron chi connectivity index (χ1n) is 8.43. The van der Waals surface area contributed by atoms with E-state index in [2.05, 4.69) is 29.4 Å². The molecule has 134 valence electrons. The number of anilines is 1. The average molecular weight is 351 g/mol. The summed E-state index contributed by atoms with van der Waals surface area (Å²) in [5.41, 5.74) is 2.10. The standard InChI is InChI=1S/C19H21N5O2/c1-13(2)17-11-18(24(22-17)15-7-5-4-6-8-15)20-19(26)12-23-10-9-16(21-23)14(3)25/h4-11,13H,12H2,1-3H3,(H,20,26). The lowest BCUT2D eigenvalue weighted by atomic mass is 10.1. The van der Waals surface area contributed by atoms with Crippen molar-refractivity contribution in [1.82, 2.24) is 19.6 Å². The molecular weight excluding hydrogens is 330 g/mol. The number of rotatable bonds is 6. The first kappa shape index (κ1) is 17.6. The molecule has 1 aromatic carbocycles. The highest BCUT2D eigenvalue weighted by molar-refractivity contribution is 5.92. The van der Waals surface area contributed by atoms with Crippen LogP contribution in [-0.2, 0) is 11.3 Å². The van der Waals surface area contributed by atoms with Crippen molar-refractivity contribution < 1.29 is 9.59 Å². The molecule has 3 aromatic rings. The Labute approximate surface area is 151 Å². The first-order valence-corrected chi connectivity index (χ1v) is 8.43. The molecule has 0 spiro atoms. The van der Waals surface area contributed by atoms with Gasteiger partial charge in [-0.25, -0.2) is 4.68 Å². The molecule has 26 heavy (non-hydrogen) atoms. The molecule has 1 N–H and O–H groups in total. The number of amides is 1. The number of benzene rings is 1. The van der Waals surface area contributed by atoms with Gasteiger partial charge in [-0.05, 0) is 24.1 Å². The lowest BCUT2D eigenvalue weighted by Crippen LogP contribution is -2.21. The summed E-state index contributed by atoms with van der Waals surface area (Å²) in [7, 11) is 0. The summed E-state index contributed by atoms with van der Waals surface area (Å²) in [4.78, 5) is 23.7. The van der Waals surface area contributed by atoms with Gasteiger partial charge in [-0.2, -0.15) is 10.2 Å². The van der Waals surface area contributed by atoms with Crippen molar-refractivity contribution in [1.29, 1.82) is 0 Å². The average Bonchev–Trinajstić information content (AvgIpc) is 3.23. The van der Waals surface area contributed by atoms with E-state index in [0.717, 1.165) is 11.4 Å². The third kappa shape index (κ3) is 3.88. The summed E-state index contributed by atoms with van der Waals surface area (Å²) in [6.07, 6.45) is 1.62. The van der Waals surface area contributed by atoms with E-state index in [0.29, 0.717) is 11.5 Å². The number of ketones is 1. The van der Waals surface area contributed by atoms with Gasteiger partial charge in [0, 0.05) is 19.2 Å². The molecule has 0 aliphatic rings. The predicted molar refractivity (Wildman–Crippen MR) is 98.5 cm³/mol. The Morgan fingerprint density at radius 1 is 1.12 bits per heavy atom. The first-order chi connectivity index (χ1) is 12.4. The molecular formula is C19H21N5O2. The van der Waals surface area contributed by atoms with Crippen molar-refractivity contribution in [3.05, 3.63) is 60.0 Å². The van der Waals surface area contributed by atoms with Crippen LogP contribution in [0.15, 0.2) is 48.7 Å². The summed E-state index contributed by atoms with van der Waals surface area (Å²) in [5.74, 6) is 0.465. The van der Waals surface area contributed by atoms with Gasteiger partial charge in [-0.1, -0.05) is 32.0 Å². The molecule has 0 aliphatic heterocycles. The highest BCUT2D eigenvalue weighted by Gasteiger charge is 2.15. The number of para-hydroxylation sites is 1. The van der Waals surface area contributed by atoms with E-state index in [4.69, 9.17) is 0 Å². The normalized spacial score (nSPS) is 10.9. The number of hydrogen-bond acceptors (Lipinski definition) is 4. The van der Waals surface area contributed by atoms with Crippen LogP contribution in [-0.4, -0.2) is 31.3 Å². The number of nitrogens with one attached hydrogen (secondary N) is 1. The molecule has 2 heterocycles. The summed E-state index contributed by atoms with van der Waals surface area (Å²) in [5, 5.41) is 11.6. The lowest BCUT2D eigenvalue weighted by molar-refractivity contribution is -0.116. The summed E-state index contributed by atoms with van der Waals surface area (Å²) in [6, 6.07) is 13.1. The van der Waals surface area contributed by atoms with Gasteiger partial charge in [-0.3, -0.25) is 14.3 Å². The van der Waals surface area contributed by atoms with Crippen LogP contribution in [0.4, 0.5) is 5.82 Å². The fourth-order valence-electron chi connectivity index (χ4n) is 2.50. The van der Waals surface area contributed by atoms with Gasteiger partial charge in [-0.15, -0.1) is 0 Å². The molecule has 0 atom stereocenters. The maximum absolute atomic E-state index is 12.4. The summed E-state index contributed by atoms with van der Waals surface area (Å²) >= 11 is 0. The number of carbonyl (C=O) groups is 2. The molecule has 7 nitrogen and oxygen atoms in total.